The first-order chi connectivity index (χ1) is 12.2. The number of carboxylic acids is 1. The van der Waals surface area contributed by atoms with Gasteiger partial charge in [0.2, 0.25) is 5.91 Å². The summed E-state index contributed by atoms with van der Waals surface area (Å²) >= 11 is 0. The van der Waals surface area contributed by atoms with Crippen LogP contribution < -0.4 is 5.32 Å². The predicted molar refractivity (Wildman–Crippen MR) is 91.1 cm³/mol. The first kappa shape index (κ1) is 17.9. The van der Waals surface area contributed by atoms with Crippen LogP contribution in [0.25, 0.3) is 0 Å². The number of imide groups is 1. The molecule has 2 heterocycles. The van der Waals surface area contributed by atoms with Gasteiger partial charge in [0.25, 0.3) is 5.91 Å². The van der Waals surface area contributed by atoms with Crippen molar-refractivity contribution in [1.82, 2.24) is 15.1 Å². The fourth-order valence-corrected chi connectivity index (χ4v) is 3.47. The molecule has 0 unspecified atom stereocenters. The number of carbonyl (C=O) groups is 4. The number of aryl methyl sites for hydroxylation is 1. The number of benzene rings is 1. The third kappa shape index (κ3) is 2.91. The summed E-state index contributed by atoms with van der Waals surface area (Å²) in [7, 11) is 0. The highest BCUT2D eigenvalue weighted by Crippen LogP contribution is 2.29. The normalized spacial score (nSPS) is 25.5. The van der Waals surface area contributed by atoms with Crippen molar-refractivity contribution < 1.29 is 24.3 Å². The van der Waals surface area contributed by atoms with Crippen molar-refractivity contribution in [3.05, 3.63) is 35.4 Å². The highest BCUT2D eigenvalue weighted by molar-refractivity contribution is 6.09. The van der Waals surface area contributed by atoms with Crippen molar-refractivity contribution in [2.24, 2.45) is 0 Å². The molecule has 0 radical (unpaired) electrons. The van der Waals surface area contributed by atoms with Crippen molar-refractivity contribution in [3.8, 4) is 0 Å². The lowest BCUT2D eigenvalue weighted by Gasteiger charge is -2.25. The summed E-state index contributed by atoms with van der Waals surface area (Å²) in [6, 6.07) is 5.66. The van der Waals surface area contributed by atoms with Gasteiger partial charge < -0.3 is 15.3 Å². The summed E-state index contributed by atoms with van der Waals surface area (Å²) in [6.45, 7) is 3.36. The molecule has 4 amide bonds. The summed E-state index contributed by atoms with van der Waals surface area (Å²) in [5, 5.41) is 11.8. The van der Waals surface area contributed by atoms with Crippen LogP contribution in [0.1, 0.15) is 30.9 Å². The Morgan fingerprint density at radius 3 is 2.54 bits per heavy atom. The molecule has 2 aliphatic heterocycles. The van der Waals surface area contributed by atoms with Crippen LogP contribution in [0.3, 0.4) is 0 Å². The average molecular weight is 359 g/mol. The van der Waals surface area contributed by atoms with E-state index in [4.69, 9.17) is 0 Å². The summed E-state index contributed by atoms with van der Waals surface area (Å²) in [6.07, 6.45) is 0.965. The molecule has 3 rings (SSSR count). The number of nitrogens with zero attached hydrogens (tertiary/aromatic N) is 2. The Morgan fingerprint density at radius 1 is 1.27 bits per heavy atom. The van der Waals surface area contributed by atoms with E-state index in [-0.39, 0.29) is 0 Å². The van der Waals surface area contributed by atoms with Crippen LogP contribution in [-0.4, -0.2) is 57.9 Å². The van der Waals surface area contributed by atoms with E-state index in [0.29, 0.717) is 24.9 Å². The number of hydrogen-bond acceptors (Lipinski definition) is 4. The molecule has 2 fully saturated rings. The molecule has 2 aliphatic rings. The summed E-state index contributed by atoms with van der Waals surface area (Å²) in [5.74, 6) is -2.13. The number of urea groups is 1. The lowest BCUT2D eigenvalue weighted by molar-refractivity contribution is -0.149. The molecular weight excluding hydrogens is 338 g/mol. The van der Waals surface area contributed by atoms with Crippen LogP contribution in [0, 0.1) is 6.92 Å². The second-order valence-electron chi connectivity index (χ2n) is 6.90. The van der Waals surface area contributed by atoms with Gasteiger partial charge in [-0.3, -0.25) is 14.5 Å². The molecule has 138 valence electrons. The lowest BCUT2D eigenvalue weighted by Crippen LogP contribution is -2.47. The lowest BCUT2D eigenvalue weighted by atomic mass is 9.91. The summed E-state index contributed by atoms with van der Waals surface area (Å²) < 4.78 is 0. The Balaban J connectivity index is 1.78. The van der Waals surface area contributed by atoms with E-state index in [1.807, 2.05) is 19.1 Å². The molecule has 1 aromatic carbocycles. The van der Waals surface area contributed by atoms with Gasteiger partial charge in [0.15, 0.2) is 0 Å². The number of rotatable bonds is 4. The van der Waals surface area contributed by atoms with Crippen molar-refractivity contribution in [3.63, 3.8) is 0 Å². The fraction of sp³-hybridized carbons (Fsp3) is 0.444. The Kier molecular flexibility index (Phi) is 4.43. The zero-order chi connectivity index (χ0) is 19.1. The van der Waals surface area contributed by atoms with Gasteiger partial charge >= 0.3 is 12.0 Å². The minimum atomic E-state index is -1.25. The van der Waals surface area contributed by atoms with Crippen molar-refractivity contribution in [2.45, 2.75) is 38.3 Å². The maximum atomic E-state index is 12.8. The van der Waals surface area contributed by atoms with Gasteiger partial charge in [0, 0.05) is 6.54 Å². The number of carboxylic acid groups (broad SMARTS) is 1. The van der Waals surface area contributed by atoms with Crippen LogP contribution in [0.2, 0.25) is 0 Å². The summed E-state index contributed by atoms with van der Waals surface area (Å²) in [4.78, 5) is 51.0. The molecular formula is C18H21N3O5. The molecule has 1 aromatic rings. The average Bonchev–Trinajstić information content (AvgIpc) is 3.16. The topological polar surface area (TPSA) is 107 Å². The molecule has 2 atom stereocenters. The third-order valence-corrected chi connectivity index (χ3v) is 5.06. The van der Waals surface area contributed by atoms with Gasteiger partial charge in [-0.25, -0.2) is 9.59 Å². The zero-order valence-corrected chi connectivity index (χ0v) is 14.7. The highest BCUT2D eigenvalue weighted by Gasteiger charge is 2.50. The molecule has 8 nitrogen and oxygen atoms in total. The van der Waals surface area contributed by atoms with Crippen molar-refractivity contribution in [2.75, 3.05) is 13.1 Å². The molecule has 0 saturated carbocycles. The van der Waals surface area contributed by atoms with E-state index in [1.54, 1.807) is 19.1 Å². The number of aliphatic carboxylic acids is 1. The second-order valence-corrected chi connectivity index (χ2v) is 6.90. The number of amides is 4. The van der Waals surface area contributed by atoms with Gasteiger partial charge in [-0.2, -0.15) is 0 Å². The van der Waals surface area contributed by atoms with Crippen LogP contribution in [0.15, 0.2) is 24.3 Å². The zero-order valence-electron chi connectivity index (χ0n) is 14.7. The van der Waals surface area contributed by atoms with Crippen LogP contribution in [-0.2, 0) is 19.9 Å². The number of likely N-dealkylation sites (tertiary alicyclic amines) is 1. The molecule has 26 heavy (non-hydrogen) atoms. The molecule has 8 heteroatoms. The third-order valence-electron chi connectivity index (χ3n) is 5.06. The molecule has 2 saturated heterocycles. The van der Waals surface area contributed by atoms with Crippen molar-refractivity contribution in [1.29, 1.82) is 0 Å². The fourth-order valence-electron chi connectivity index (χ4n) is 3.47. The standard InChI is InChI=1S/C18H21N3O5/c1-11-5-7-12(8-6-11)18(2)16(25)21(17(26)19-18)10-14(22)20-9-3-4-13(20)15(23)24/h5-8,13H,3-4,9-10H2,1-2H3,(H,19,26)(H,23,24)/t13-,18+/m0/s1. The van der Waals surface area contributed by atoms with E-state index >= 15 is 0 Å². The number of hydrogen-bond donors (Lipinski definition) is 2. The van der Waals surface area contributed by atoms with Gasteiger partial charge in [0.05, 0.1) is 0 Å². The maximum absolute atomic E-state index is 12.8. The molecule has 0 aromatic heterocycles. The first-order valence-electron chi connectivity index (χ1n) is 8.47. The van der Waals surface area contributed by atoms with Crippen LogP contribution in [0.4, 0.5) is 4.79 Å². The predicted octanol–water partition coefficient (Wildman–Crippen LogP) is 0.838. The Bertz CT molecular complexity index is 776. The SMILES string of the molecule is Cc1ccc([C@@]2(C)NC(=O)N(CC(=O)N3CCC[C@H]3C(=O)O)C2=O)cc1. The highest BCUT2D eigenvalue weighted by atomic mass is 16.4. The van der Waals surface area contributed by atoms with Crippen LogP contribution >= 0.6 is 0 Å². The Hall–Kier alpha value is -2.90. The van der Waals surface area contributed by atoms with Crippen LogP contribution in [0.5, 0.6) is 0 Å². The molecule has 0 bridgehead atoms. The maximum Gasteiger partial charge on any atom is 0.326 e. The number of nitrogens with one attached hydrogen (secondary N) is 1. The monoisotopic (exact) mass is 359 g/mol. The van der Waals surface area contributed by atoms with Gasteiger partial charge in [0.1, 0.15) is 18.1 Å². The first-order valence-corrected chi connectivity index (χ1v) is 8.47. The largest absolute Gasteiger partial charge is 0.480 e. The minimum absolute atomic E-state index is 0.314. The van der Waals surface area contributed by atoms with E-state index < -0.39 is 41.9 Å². The minimum Gasteiger partial charge on any atom is -0.480 e. The van der Waals surface area contributed by atoms with Gasteiger partial charge in [-0.15, -0.1) is 0 Å². The number of carbonyl (C=O) groups excluding carboxylic acids is 3. The molecule has 0 spiro atoms. The van der Waals surface area contributed by atoms with E-state index in [9.17, 15) is 24.3 Å². The van der Waals surface area contributed by atoms with E-state index in [1.165, 1.54) is 4.90 Å². The second kappa shape index (κ2) is 6.44. The van der Waals surface area contributed by atoms with E-state index in [0.717, 1.165) is 10.5 Å². The summed E-state index contributed by atoms with van der Waals surface area (Å²) in [5.41, 5.74) is 0.401. The molecule has 2 N–H and O–H groups in total. The van der Waals surface area contributed by atoms with Crippen molar-refractivity contribution >= 4 is 23.8 Å². The quantitative estimate of drug-likeness (QED) is 0.775. The smallest absolute Gasteiger partial charge is 0.326 e. The van der Waals surface area contributed by atoms with Gasteiger partial charge in [-0.1, -0.05) is 29.8 Å². The Morgan fingerprint density at radius 2 is 1.92 bits per heavy atom. The van der Waals surface area contributed by atoms with Gasteiger partial charge in [-0.05, 0) is 32.3 Å². The molecule has 0 aliphatic carbocycles. The Labute approximate surface area is 150 Å². The van der Waals surface area contributed by atoms with E-state index in [2.05, 4.69) is 5.32 Å².